The van der Waals surface area contributed by atoms with Crippen LogP contribution >= 0.6 is 15.9 Å². The molecule has 1 aliphatic carbocycles. The van der Waals surface area contributed by atoms with Gasteiger partial charge in [0.1, 0.15) is 6.20 Å². The average molecular weight is 260 g/mol. The Bertz CT molecular complexity index is 352. The summed E-state index contributed by atoms with van der Waals surface area (Å²) in [6, 6.07) is 0.316. The van der Waals surface area contributed by atoms with E-state index in [0.717, 1.165) is 19.3 Å². The maximum atomic E-state index is 10.4. The highest BCUT2D eigenvalue weighted by molar-refractivity contribution is 9.09. The van der Waals surface area contributed by atoms with E-state index in [1.54, 1.807) is 6.33 Å². The normalized spacial score (nSPS) is 26.6. The molecule has 2 rings (SSSR count). The smallest absolute Gasteiger partial charge is 0.358 e. The second-order valence-corrected chi connectivity index (χ2v) is 4.63. The van der Waals surface area contributed by atoms with Crippen molar-refractivity contribution >= 4 is 21.7 Å². The molecule has 6 heteroatoms. The minimum Gasteiger partial charge on any atom is -0.358 e. The van der Waals surface area contributed by atoms with Crippen LogP contribution in [0.5, 0.6) is 0 Å². The van der Waals surface area contributed by atoms with Crippen molar-refractivity contribution in [1.82, 2.24) is 9.55 Å². The molecular weight excluding hydrogens is 250 g/mol. The molecule has 5 nitrogen and oxygen atoms in total. The Morgan fingerprint density at radius 2 is 2.43 bits per heavy atom. The summed E-state index contributed by atoms with van der Waals surface area (Å²) in [5.74, 6) is -0.0726. The average Bonchev–Trinajstić information content (AvgIpc) is 2.71. The minimum atomic E-state index is -0.464. The molecule has 0 bridgehead atoms. The number of aromatic nitrogens is 2. The molecule has 76 valence electrons. The van der Waals surface area contributed by atoms with Crippen LogP contribution in [-0.4, -0.2) is 19.3 Å². The molecule has 1 fully saturated rings. The molecule has 0 saturated heterocycles. The summed E-state index contributed by atoms with van der Waals surface area (Å²) >= 11 is 3.57. The highest BCUT2D eigenvalue weighted by atomic mass is 79.9. The van der Waals surface area contributed by atoms with E-state index in [0.29, 0.717) is 10.9 Å². The minimum absolute atomic E-state index is 0.0726. The summed E-state index contributed by atoms with van der Waals surface area (Å²) in [6.45, 7) is 0. The molecule has 0 aliphatic heterocycles. The van der Waals surface area contributed by atoms with Gasteiger partial charge >= 0.3 is 5.82 Å². The number of halogens is 1. The van der Waals surface area contributed by atoms with Crippen molar-refractivity contribution in [3.05, 3.63) is 22.6 Å². The highest BCUT2D eigenvalue weighted by Gasteiger charge is 2.28. The third-order valence-corrected chi connectivity index (χ3v) is 3.62. The third kappa shape index (κ3) is 1.66. The summed E-state index contributed by atoms with van der Waals surface area (Å²) in [5.41, 5.74) is 0. The van der Waals surface area contributed by atoms with Crippen LogP contribution in [0.3, 0.4) is 0 Å². The zero-order chi connectivity index (χ0) is 10.1. The van der Waals surface area contributed by atoms with Gasteiger partial charge < -0.3 is 14.7 Å². The monoisotopic (exact) mass is 259 g/mol. The van der Waals surface area contributed by atoms with Crippen molar-refractivity contribution in [3.63, 3.8) is 0 Å². The van der Waals surface area contributed by atoms with Crippen LogP contribution in [0, 0.1) is 10.1 Å². The van der Waals surface area contributed by atoms with Gasteiger partial charge in [-0.2, -0.15) is 0 Å². The predicted octanol–water partition coefficient (Wildman–Crippen LogP) is 2.28. The zero-order valence-corrected chi connectivity index (χ0v) is 9.05. The summed E-state index contributed by atoms with van der Waals surface area (Å²) in [5, 5.41) is 10.4. The van der Waals surface area contributed by atoms with Crippen LogP contribution in [0.1, 0.15) is 25.3 Å². The standard InChI is InChI=1S/C8H10BrN3O2/c9-6-2-1-3-7(6)11-4-8(10-5-11)12(13)14/h4-7H,1-3H2/t6-,7?/m1/s1. The van der Waals surface area contributed by atoms with Crippen molar-refractivity contribution in [2.75, 3.05) is 0 Å². The highest BCUT2D eigenvalue weighted by Crippen LogP contribution is 2.35. The molecule has 1 heterocycles. The maximum Gasteiger partial charge on any atom is 0.381 e. The largest absolute Gasteiger partial charge is 0.381 e. The first-order chi connectivity index (χ1) is 6.68. The van der Waals surface area contributed by atoms with Gasteiger partial charge in [0.25, 0.3) is 0 Å². The number of rotatable bonds is 2. The second-order valence-electron chi connectivity index (χ2n) is 3.45. The van der Waals surface area contributed by atoms with Gasteiger partial charge in [0, 0.05) is 10.9 Å². The number of alkyl halides is 1. The van der Waals surface area contributed by atoms with E-state index in [9.17, 15) is 10.1 Å². The Morgan fingerprint density at radius 3 is 2.93 bits per heavy atom. The molecular formula is C8H10BrN3O2. The first kappa shape index (κ1) is 9.64. The van der Waals surface area contributed by atoms with Gasteiger partial charge in [-0.3, -0.25) is 0 Å². The maximum absolute atomic E-state index is 10.4. The number of nitro groups is 1. The first-order valence-corrected chi connectivity index (χ1v) is 5.42. The van der Waals surface area contributed by atoms with E-state index in [-0.39, 0.29) is 5.82 Å². The van der Waals surface area contributed by atoms with Crippen molar-refractivity contribution < 1.29 is 4.92 Å². The van der Waals surface area contributed by atoms with E-state index >= 15 is 0 Å². The molecule has 0 N–H and O–H groups in total. The Balaban J connectivity index is 2.20. The van der Waals surface area contributed by atoms with E-state index in [4.69, 9.17) is 0 Å². The fourth-order valence-electron chi connectivity index (χ4n) is 1.83. The van der Waals surface area contributed by atoms with Gasteiger partial charge in [-0.25, -0.2) is 0 Å². The van der Waals surface area contributed by atoms with Gasteiger partial charge in [0.2, 0.25) is 6.33 Å². The van der Waals surface area contributed by atoms with E-state index in [1.165, 1.54) is 6.20 Å². The van der Waals surface area contributed by atoms with Gasteiger partial charge in [-0.15, -0.1) is 0 Å². The lowest BCUT2D eigenvalue weighted by molar-refractivity contribution is -0.389. The Morgan fingerprint density at radius 1 is 1.64 bits per heavy atom. The predicted molar refractivity (Wildman–Crippen MR) is 54.5 cm³/mol. The molecule has 1 unspecified atom stereocenters. The van der Waals surface area contributed by atoms with Crippen molar-refractivity contribution in [1.29, 1.82) is 0 Å². The number of nitrogens with zero attached hydrogens (tertiary/aromatic N) is 3. The van der Waals surface area contributed by atoms with E-state index < -0.39 is 4.92 Å². The van der Waals surface area contributed by atoms with Crippen LogP contribution in [0.2, 0.25) is 0 Å². The van der Waals surface area contributed by atoms with Gasteiger partial charge in [0.05, 0.1) is 0 Å². The van der Waals surface area contributed by atoms with E-state index in [1.807, 2.05) is 4.57 Å². The SMILES string of the molecule is O=[N+]([O-])c1cn(C2CCC[C@H]2Br)cn1. The topological polar surface area (TPSA) is 61.0 Å². The number of imidazole rings is 1. The first-order valence-electron chi connectivity index (χ1n) is 4.50. The molecule has 1 aliphatic rings. The summed E-state index contributed by atoms with van der Waals surface area (Å²) < 4.78 is 1.84. The van der Waals surface area contributed by atoms with Crippen LogP contribution < -0.4 is 0 Å². The van der Waals surface area contributed by atoms with Crippen LogP contribution in [0.25, 0.3) is 0 Å². The quantitative estimate of drug-likeness (QED) is 0.465. The van der Waals surface area contributed by atoms with Gasteiger partial charge in [0.15, 0.2) is 0 Å². The second kappa shape index (κ2) is 3.68. The Labute approximate surface area is 89.4 Å². The van der Waals surface area contributed by atoms with Gasteiger partial charge in [-0.1, -0.05) is 22.4 Å². The molecule has 14 heavy (non-hydrogen) atoms. The fourth-order valence-corrected chi connectivity index (χ4v) is 2.69. The number of hydrogen-bond acceptors (Lipinski definition) is 3. The lowest BCUT2D eigenvalue weighted by atomic mass is 10.2. The van der Waals surface area contributed by atoms with Crippen molar-refractivity contribution in [3.8, 4) is 0 Å². The van der Waals surface area contributed by atoms with Crippen LogP contribution in [0.4, 0.5) is 5.82 Å². The van der Waals surface area contributed by atoms with Crippen LogP contribution in [-0.2, 0) is 0 Å². The summed E-state index contributed by atoms with van der Waals surface area (Å²) in [7, 11) is 0. The summed E-state index contributed by atoms with van der Waals surface area (Å²) in [4.78, 5) is 14.1. The van der Waals surface area contributed by atoms with Crippen molar-refractivity contribution in [2.24, 2.45) is 0 Å². The molecule has 0 aromatic carbocycles. The molecule has 1 saturated carbocycles. The number of hydrogen-bond donors (Lipinski definition) is 0. The van der Waals surface area contributed by atoms with Crippen LogP contribution in [0.15, 0.2) is 12.5 Å². The molecule has 1 aromatic rings. The molecule has 0 amide bonds. The lowest BCUT2D eigenvalue weighted by Gasteiger charge is -2.13. The third-order valence-electron chi connectivity index (χ3n) is 2.56. The molecule has 0 spiro atoms. The Kier molecular flexibility index (Phi) is 2.54. The Hall–Kier alpha value is -0.910. The summed E-state index contributed by atoms with van der Waals surface area (Å²) in [6.07, 6.45) is 6.39. The van der Waals surface area contributed by atoms with Crippen molar-refractivity contribution in [2.45, 2.75) is 30.1 Å². The lowest BCUT2D eigenvalue weighted by Crippen LogP contribution is -2.11. The molecule has 1 aromatic heterocycles. The van der Waals surface area contributed by atoms with Gasteiger partial charge in [-0.05, 0) is 22.7 Å². The fraction of sp³-hybridized carbons (Fsp3) is 0.625. The van der Waals surface area contributed by atoms with E-state index in [2.05, 4.69) is 20.9 Å². The molecule has 0 radical (unpaired) electrons. The zero-order valence-electron chi connectivity index (χ0n) is 7.47. The molecule has 2 atom stereocenters.